The van der Waals surface area contributed by atoms with Crippen LogP contribution in [0.4, 0.5) is 10.6 Å². The average Bonchev–Trinajstić information content (AvgIpc) is 2.42. The summed E-state index contributed by atoms with van der Waals surface area (Å²) in [7, 11) is 0. The number of hydrogen-bond acceptors (Lipinski definition) is 4. The first-order valence-corrected chi connectivity index (χ1v) is 7.05. The van der Waals surface area contributed by atoms with E-state index in [2.05, 4.69) is 15.6 Å². The molecule has 1 heterocycles. The van der Waals surface area contributed by atoms with Crippen molar-refractivity contribution in [3.63, 3.8) is 0 Å². The smallest absolute Gasteiger partial charge is 0.404 e. The topological polar surface area (TPSA) is 117 Å². The Hall–Kier alpha value is -2.02. The predicted molar refractivity (Wildman–Crippen MR) is 78.6 cm³/mol. The van der Waals surface area contributed by atoms with E-state index in [1.54, 1.807) is 0 Å². The van der Waals surface area contributed by atoms with E-state index in [0.29, 0.717) is 10.8 Å². The quantitative estimate of drug-likeness (QED) is 0.676. The molecule has 7 nitrogen and oxygen atoms in total. The molecule has 0 aromatic carbocycles. The molecule has 8 heteroatoms. The summed E-state index contributed by atoms with van der Waals surface area (Å²) < 4.78 is 0. The fourth-order valence-electron chi connectivity index (χ4n) is 2.43. The number of carboxylic acid groups (broad SMARTS) is 1. The zero-order valence-electron chi connectivity index (χ0n) is 11.3. The standard InChI is InChI=1S/C13H17ClN4O3/c14-10-5-7(11(15)19)6-16-12(10)17-8-1-3-9(4-2-8)18-13(20)21/h5-6,8-9,18H,1-4H2,(H2,15,19)(H,16,17)(H,20,21). The summed E-state index contributed by atoms with van der Waals surface area (Å²) in [6.07, 6.45) is 3.56. The van der Waals surface area contributed by atoms with E-state index in [1.165, 1.54) is 12.3 Å². The third-order valence-electron chi connectivity index (χ3n) is 3.52. The first-order valence-electron chi connectivity index (χ1n) is 6.67. The molecule has 1 fully saturated rings. The molecule has 5 N–H and O–H groups in total. The zero-order valence-corrected chi connectivity index (χ0v) is 12.1. The number of anilines is 1. The van der Waals surface area contributed by atoms with Gasteiger partial charge in [0.2, 0.25) is 5.91 Å². The molecule has 1 aromatic rings. The lowest BCUT2D eigenvalue weighted by molar-refractivity contribution is 0.1000. The maximum Gasteiger partial charge on any atom is 0.404 e. The highest BCUT2D eigenvalue weighted by Crippen LogP contribution is 2.25. The maximum atomic E-state index is 11.0. The van der Waals surface area contributed by atoms with Crippen LogP contribution in [0.1, 0.15) is 36.0 Å². The Labute approximate surface area is 126 Å². The van der Waals surface area contributed by atoms with Gasteiger partial charge in [0.15, 0.2) is 0 Å². The van der Waals surface area contributed by atoms with Gasteiger partial charge in [-0.05, 0) is 31.7 Å². The molecule has 21 heavy (non-hydrogen) atoms. The molecule has 0 atom stereocenters. The molecule has 1 aliphatic carbocycles. The van der Waals surface area contributed by atoms with Gasteiger partial charge < -0.3 is 21.5 Å². The van der Waals surface area contributed by atoms with Gasteiger partial charge >= 0.3 is 6.09 Å². The Kier molecular flexibility index (Phi) is 4.85. The van der Waals surface area contributed by atoms with Crippen molar-refractivity contribution in [3.8, 4) is 0 Å². The first-order chi connectivity index (χ1) is 9.95. The molecule has 0 aliphatic heterocycles. The fourth-order valence-corrected chi connectivity index (χ4v) is 2.65. The van der Waals surface area contributed by atoms with Crippen molar-refractivity contribution in [2.75, 3.05) is 5.32 Å². The number of nitrogens with zero attached hydrogens (tertiary/aromatic N) is 1. The average molecular weight is 313 g/mol. The van der Waals surface area contributed by atoms with Gasteiger partial charge in [-0.25, -0.2) is 9.78 Å². The number of halogens is 1. The molecular formula is C13H17ClN4O3. The van der Waals surface area contributed by atoms with Crippen LogP contribution in [0.3, 0.4) is 0 Å². The second-order valence-electron chi connectivity index (χ2n) is 5.06. The molecule has 2 amide bonds. The van der Waals surface area contributed by atoms with E-state index in [1.807, 2.05) is 0 Å². The van der Waals surface area contributed by atoms with Gasteiger partial charge in [-0.1, -0.05) is 11.6 Å². The van der Waals surface area contributed by atoms with Gasteiger partial charge in [-0.2, -0.15) is 0 Å². The van der Waals surface area contributed by atoms with Crippen molar-refractivity contribution in [1.29, 1.82) is 0 Å². The van der Waals surface area contributed by atoms with Crippen molar-refractivity contribution in [1.82, 2.24) is 10.3 Å². The lowest BCUT2D eigenvalue weighted by Gasteiger charge is -2.29. The zero-order chi connectivity index (χ0) is 15.4. The molecule has 0 radical (unpaired) electrons. The highest BCUT2D eigenvalue weighted by molar-refractivity contribution is 6.33. The number of aromatic nitrogens is 1. The molecule has 114 valence electrons. The number of amides is 2. The maximum absolute atomic E-state index is 11.0. The molecule has 1 aliphatic rings. The van der Waals surface area contributed by atoms with Crippen molar-refractivity contribution in [2.24, 2.45) is 5.73 Å². The van der Waals surface area contributed by atoms with Crippen LogP contribution >= 0.6 is 11.6 Å². The van der Waals surface area contributed by atoms with Crippen LogP contribution in [-0.2, 0) is 0 Å². The van der Waals surface area contributed by atoms with Crippen molar-refractivity contribution in [3.05, 3.63) is 22.8 Å². The normalized spacial score (nSPS) is 21.6. The van der Waals surface area contributed by atoms with E-state index >= 15 is 0 Å². The minimum Gasteiger partial charge on any atom is -0.465 e. The monoisotopic (exact) mass is 312 g/mol. The van der Waals surface area contributed by atoms with Gasteiger partial charge in [0.1, 0.15) is 5.82 Å². The number of carbonyl (C=O) groups is 2. The summed E-state index contributed by atoms with van der Waals surface area (Å²) in [5, 5.41) is 14.7. The molecule has 0 saturated heterocycles. The number of nitrogens with two attached hydrogens (primary N) is 1. The number of hydrogen-bond donors (Lipinski definition) is 4. The van der Waals surface area contributed by atoms with Crippen LogP contribution in [-0.4, -0.2) is 34.2 Å². The van der Waals surface area contributed by atoms with Crippen LogP contribution < -0.4 is 16.4 Å². The van der Waals surface area contributed by atoms with Crippen molar-refractivity contribution >= 4 is 29.4 Å². The molecule has 2 rings (SSSR count). The highest BCUT2D eigenvalue weighted by atomic mass is 35.5. The Morgan fingerprint density at radius 3 is 2.43 bits per heavy atom. The predicted octanol–water partition coefficient (Wildman–Crippen LogP) is 1.82. The van der Waals surface area contributed by atoms with E-state index in [4.69, 9.17) is 22.4 Å². The van der Waals surface area contributed by atoms with Gasteiger partial charge in [-0.3, -0.25) is 4.79 Å². The van der Waals surface area contributed by atoms with E-state index in [0.717, 1.165) is 25.7 Å². The number of carbonyl (C=O) groups excluding carboxylic acids is 1. The van der Waals surface area contributed by atoms with Crippen LogP contribution in [0.25, 0.3) is 0 Å². The second kappa shape index (κ2) is 6.62. The van der Waals surface area contributed by atoms with Crippen LogP contribution in [0.5, 0.6) is 0 Å². The fraction of sp³-hybridized carbons (Fsp3) is 0.462. The van der Waals surface area contributed by atoms with Crippen molar-refractivity contribution < 1.29 is 14.7 Å². The molecule has 1 saturated carbocycles. The molecule has 0 spiro atoms. The molecular weight excluding hydrogens is 296 g/mol. The summed E-state index contributed by atoms with van der Waals surface area (Å²) in [6, 6.07) is 1.67. The SMILES string of the molecule is NC(=O)c1cnc(NC2CCC(NC(=O)O)CC2)c(Cl)c1. The van der Waals surface area contributed by atoms with Crippen LogP contribution in [0.2, 0.25) is 5.02 Å². The Bertz CT molecular complexity index is 544. The Morgan fingerprint density at radius 1 is 1.29 bits per heavy atom. The summed E-state index contributed by atoms with van der Waals surface area (Å²) in [5.74, 6) is -0.0625. The van der Waals surface area contributed by atoms with Crippen LogP contribution in [0, 0.1) is 0 Å². The molecule has 0 bridgehead atoms. The first kappa shape index (κ1) is 15.4. The number of nitrogens with one attached hydrogen (secondary N) is 2. The largest absolute Gasteiger partial charge is 0.465 e. The summed E-state index contributed by atoms with van der Waals surface area (Å²) in [5.41, 5.74) is 5.42. The summed E-state index contributed by atoms with van der Waals surface area (Å²) in [6.45, 7) is 0. The molecule has 0 unspecified atom stereocenters. The number of rotatable bonds is 4. The van der Waals surface area contributed by atoms with Gasteiger partial charge in [0, 0.05) is 18.3 Å². The lowest BCUT2D eigenvalue weighted by atomic mass is 9.91. The van der Waals surface area contributed by atoms with E-state index < -0.39 is 12.0 Å². The van der Waals surface area contributed by atoms with Crippen molar-refractivity contribution in [2.45, 2.75) is 37.8 Å². The lowest BCUT2D eigenvalue weighted by Crippen LogP contribution is -2.39. The molecule has 1 aromatic heterocycles. The van der Waals surface area contributed by atoms with Gasteiger partial charge in [-0.15, -0.1) is 0 Å². The third-order valence-corrected chi connectivity index (χ3v) is 3.81. The van der Waals surface area contributed by atoms with E-state index in [9.17, 15) is 9.59 Å². The van der Waals surface area contributed by atoms with E-state index in [-0.39, 0.29) is 17.6 Å². The minimum atomic E-state index is -0.988. The minimum absolute atomic E-state index is 0.00113. The number of primary amides is 1. The van der Waals surface area contributed by atoms with Gasteiger partial charge in [0.05, 0.1) is 10.6 Å². The Morgan fingerprint density at radius 2 is 1.90 bits per heavy atom. The summed E-state index contributed by atoms with van der Waals surface area (Å²) in [4.78, 5) is 25.7. The van der Waals surface area contributed by atoms with Crippen LogP contribution in [0.15, 0.2) is 12.3 Å². The second-order valence-corrected chi connectivity index (χ2v) is 5.47. The third kappa shape index (κ3) is 4.22. The Balaban J connectivity index is 1.91. The summed E-state index contributed by atoms with van der Waals surface area (Å²) >= 11 is 6.07. The number of pyridine rings is 1. The van der Waals surface area contributed by atoms with Gasteiger partial charge in [0.25, 0.3) is 0 Å². The highest BCUT2D eigenvalue weighted by Gasteiger charge is 2.23.